The molecule has 0 aromatic carbocycles. The SMILES string of the molecule is Cc1ncc(Nc2ccccn2)nc1C. The van der Waals surface area contributed by atoms with Crippen LogP contribution < -0.4 is 5.32 Å². The molecule has 0 aliphatic carbocycles. The van der Waals surface area contributed by atoms with Gasteiger partial charge in [0.1, 0.15) is 11.6 Å². The Kier molecular flexibility index (Phi) is 2.58. The van der Waals surface area contributed by atoms with Gasteiger partial charge in [-0.15, -0.1) is 0 Å². The van der Waals surface area contributed by atoms with Gasteiger partial charge in [-0.25, -0.2) is 9.97 Å². The minimum Gasteiger partial charge on any atom is -0.324 e. The van der Waals surface area contributed by atoms with E-state index in [1.807, 2.05) is 32.0 Å². The highest BCUT2D eigenvalue weighted by Crippen LogP contribution is 2.11. The van der Waals surface area contributed by atoms with Gasteiger partial charge in [-0.2, -0.15) is 0 Å². The zero-order valence-corrected chi connectivity index (χ0v) is 8.73. The predicted octanol–water partition coefficient (Wildman–Crippen LogP) is 2.23. The largest absolute Gasteiger partial charge is 0.324 e. The van der Waals surface area contributed by atoms with Gasteiger partial charge in [0.15, 0.2) is 0 Å². The Morgan fingerprint density at radius 1 is 1.00 bits per heavy atom. The van der Waals surface area contributed by atoms with Crippen LogP contribution in [-0.4, -0.2) is 15.0 Å². The molecule has 0 bridgehead atoms. The highest BCUT2D eigenvalue weighted by Gasteiger charge is 1.99. The number of anilines is 2. The summed E-state index contributed by atoms with van der Waals surface area (Å²) in [6.07, 6.45) is 3.44. The Morgan fingerprint density at radius 3 is 2.53 bits per heavy atom. The molecule has 0 spiro atoms. The van der Waals surface area contributed by atoms with Crippen molar-refractivity contribution in [3.05, 3.63) is 42.0 Å². The van der Waals surface area contributed by atoms with E-state index < -0.39 is 0 Å². The lowest BCUT2D eigenvalue weighted by molar-refractivity contribution is 1.05. The molecule has 2 aromatic rings. The van der Waals surface area contributed by atoms with E-state index in [0.29, 0.717) is 0 Å². The van der Waals surface area contributed by atoms with E-state index in [-0.39, 0.29) is 0 Å². The van der Waals surface area contributed by atoms with Crippen LogP contribution in [0.4, 0.5) is 11.6 Å². The average Bonchev–Trinajstić information content (AvgIpc) is 2.25. The second kappa shape index (κ2) is 4.04. The summed E-state index contributed by atoms with van der Waals surface area (Å²) in [4.78, 5) is 12.7. The van der Waals surface area contributed by atoms with Crippen LogP contribution in [0.5, 0.6) is 0 Å². The molecule has 2 rings (SSSR count). The van der Waals surface area contributed by atoms with E-state index in [0.717, 1.165) is 23.0 Å². The van der Waals surface area contributed by atoms with E-state index in [4.69, 9.17) is 0 Å². The summed E-state index contributed by atoms with van der Waals surface area (Å²) < 4.78 is 0. The first-order valence-corrected chi connectivity index (χ1v) is 4.74. The highest BCUT2D eigenvalue weighted by molar-refractivity contribution is 5.50. The first kappa shape index (κ1) is 9.58. The van der Waals surface area contributed by atoms with E-state index in [9.17, 15) is 0 Å². The van der Waals surface area contributed by atoms with Crippen LogP contribution in [0.2, 0.25) is 0 Å². The number of rotatable bonds is 2. The molecule has 0 saturated heterocycles. The fourth-order valence-electron chi connectivity index (χ4n) is 1.17. The molecule has 0 radical (unpaired) electrons. The van der Waals surface area contributed by atoms with Gasteiger partial charge in [-0.3, -0.25) is 4.98 Å². The van der Waals surface area contributed by atoms with Gasteiger partial charge in [-0.05, 0) is 26.0 Å². The lowest BCUT2D eigenvalue weighted by Gasteiger charge is -2.05. The van der Waals surface area contributed by atoms with Crippen molar-refractivity contribution in [3.63, 3.8) is 0 Å². The Labute approximate surface area is 88.4 Å². The predicted molar refractivity (Wildman–Crippen MR) is 59.0 cm³/mol. The summed E-state index contributed by atoms with van der Waals surface area (Å²) in [5.41, 5.74) is 1.87. The lowest BCUT2D eigenvalue weighted by atomic mass is 10.3. The van der Waals surface area contributed by atoms with Crippen molar-refractivity contribution in [2.45, 2.75) is 13.8 Å². The Hall–Kier alpha value is -1.97. The summed E-state index contributed by atoms with van der Waals surface area (Å²) in [6.45, 7) is 3.87. The number of hydrogen-bond donors (Lipinski definition) is 1. The molecule has 76 valence electrons. The highest BCUT2D eigenvalue weighted by atomic mass is 15.1. The van der Waals surface area contributed by atoms with Crippen molar-refractivity contribution in [3.8, 4) is 0 Å². The second-order valence-electron chi connectivity index (χ2n) is 3.27. The first-order chi connectivity index (χ1) is 7.25. The Bertz CT molecular complexity index is 453. The van der Waals surface area contributed by atoms with Crippen LogP contribution in [-0.2, 0) is 0 Å². The van der Waals surface area contributed by atoms with Gasteiger partial charge >= 0.3 is 0 Å². The number of aryl methyl sites for hydroxylation is 2. The maximum Gasteiger partial charge on any atom is 0.150 e. The topological polar surface area (TPSA) is 50.7 Å². The van der Waals surface area contributed by atoms with Gasteiger partial charge in [-0.1, -0.05) is 6.07 Å². The van der Waals surface area contributed by atoms with E-state index >= 15 is 0 Å². The maximum atomic E-state index is 4.35. The van der Waals surface area contributed by atoms with Crippen molar-refractivity contribution in [2.75, 3.05) is 5.32 Å². The fraction of sp³-hybridized carbons (Fsp3) is 0.182. The number of nitrogens with one attached hydrogen (secondary N) is 1. The van der Waals surface area contributed by atoms with Crippen LogP contribution in [0.25, 0.3) is 0 Å². The lowest BCUT2D eigenvalue weighted by Crippen LogP contribution is -1.99. The van der Waals surface area contributed by atoms with Crippen molar-refractivity contribution in [1.82, 2.24) is 15.0 Å². The van der Waals surface area contributed by atoms with Gasteiger partial charge in [0.25, 0.3) is 0 Å². The monoisotopic (exact) mass is 200 g/mol. The summed E-state index contributed by atoms with van der Waals surface area (Å²) in [7, 11) is 0. The van der Waals surface area contributed by atoms with E-state index in [2.05, 4.69) is 20.3 Å². The number of hydrogen-bond acceptors (Lipinski definition) is 4. The van der Waals surface area contributed by atoms with E-state index in [1.165, 1.54) is 0 Å². The smallest absolute Gasteiger partial charge is 0.150 e. The van der Waals surface area contributed by atoms with Gasteiger partial charge < -0.3 is 5.32 Å². The molecular formula is C11H12N4. The molecule has 0 aliphatic heterocycles. The third-order valence-electron chi connectivity index (χ3n) is 2.11. The van der Waals surface area contributed by atoms with Crippen molar-refractivity contribution >= 4 is 11.6 Å². The minimum atomic E-state index is 0.719. The van der Waals surface area contributed by atoms with Gasteiger partial charge in [0.2, 0.25) is 0 Å². The average molecular weight is 200 g/mol. The molecule has 2 heterocycles. The van der Waals surface area contributed by atoms with Gasteiger partial charge in [0, 0.05) is 6.20 Å². The maximum absolute atomic E-state index is 4.35. The standard InChI is InChI=1S/C11H12N4/c1-8-9(2)14-11(7-13-8)15-10-5-3-4-6-12-10/h3-7H,1-2H3,(H,12,14,15). The van der Waals surface area contributed by atoms with E-state index in [1.54, 1.807) is 12.4 Å². The normalized spacial score (nSPS) is 10.0. The molecule has 2 aromatic heterocycles. The number of pyridine rings is 1. The summed E-state index contributed by atoms with van der Waals surface area (Å²) in [5.74, 6) is 1.49. The molecule has 0 fully saturated rings. The summed E-state index contributed by atoms with van der Waals surface area (Å²) in [5, 5.41) is 3.09. The van der Waals surface area contributed by atoms with Crippen LogP contribution in [0.15, 0.2) is 30.6 Å². The van der Waals surface area contributed by atoms with Crippen molar-refractivity contribution in [2.24, 2.45) is 0 Å². The summed E-state index contributed by atoms with van der Waals surface area (Å²) >= 11 is 0. The molecule has 1 N–H and O–H groups in total. The minimum absolute atomic E-state index is 0.719. The van der Waals surface area contributed by atoms with Crippen LogP contribution in [0.1, 0.15) is 11.4 Å². The Morgan fingerprint density at radius 2 is 1.87 bits per heavy atom. The third-order valence-corrected chi connectivity index (χ3v) is 2.11. The second-order valence-corrected chi connectivity index (χ2v) is 3.27. The number of nitrogens with zero attached hydrogens (tertiary/aromatic N) is 3. The van der Waals surface area contributed by atoms with Crippen molar-refractivity contribution in [1.29, 1.82) is 0 Å². The zero-order chi connectivity index (χ0) is 10.7. The van der Waals surface area contributed by atoms with Crippen LogP contribution in [0.3, 0.4) is 0 Å². The van der Waals surface area contributed by atoms with Crippen LogP contribution >= 0.6 is 0 Å². The zero-order valence-electron chi connectivity index (χ0n) is 8.73. The third kappa shape index (κ3) is 2.28. The summed E-state index contributed by atoms with van der Waals surface area (Å²) in [6, 6.07) is 5.68. The van der Waals surface area contributed by atoms with Gasteiger partial charge in [0.05, 0.1) is 17.6 Å². The molecule has 0 saturated carbocycles. The number of aromatic nitrogens is 3. The van der Waals surface area contributed by atoms with Crippen LogP contribution in [0, 0.1) is 13.8 Å². The Balaban J connectivity index is 2.22. The molecule has 0 unspecified atom stereocenters. The molecule has 4 heteroatoms. The molecular weight excluding hydrogens is 188 g/mol. The molecule has 15 heavy (non-hydrogen) atoms. The molecule has 0 atom stereocenters. The quantitative estimate of drug-likeness (QED) is 0.807. The van der Waals surface area contributed by atoms with Crippen molar-refractivity contribution < 1.29 is 0 Å². The molecule has 0 amide bonds. The first-order valence-electron chi connectivity index (χ1n) is 4.74. The molecule has 4 nitrogen and oxygen atoms in total. The molecule has 0 aliphatic rings. The fourth-order valence-corrected chi connectivity index (χ4v) is 1.17.